The van der Waals surface area contributed by atoms with Crippen LogP contribution in [-0.2, 0) is 11.2 Å². The Morgan fingerprint density at radius 3 is 2.50 bits per heavy atom. The molecule has 2 nitrogen and oxygen atoms in total. The van der Waals surface area contributed by atoms with Crippen molar-refractivity contribution in [3.05, 3.63) is 35.4 Å². The van der Waals surface area contributed by atoms with Crippen molar-refractivity contribution in [3.63, 3.8) is 0 Å². The van der Waals surface area contributed by atoms with Gasteiger partial charge in [0.15, 0.2) is 0 Å². The van der Waals surface area contributed by atoms with Crippen molar-refractivity contribution >= 4 is 0 Å². The van der Waals surface area contributed by atoms with Crippen LogP contribution in [0.25, 0.3) is 0 Å². The van der Waals surface area contributed by atoms with Crippen LogP contribution in [0.15, 0.2) is 24.3 Å². The van der Waals surface area contributed by atoms with Crippen LogP contribution < -0.4 is 5.32 Å². The van der Waals surface area contributed by atoms with Gasteiger partial charge in [-0.3, -0.25) is 0 Å². The summed E-state index contributed by atoms with van der Waals surface area (Å²) in [6, 6.07) is 8.73. The van der Waals surface area contributed by atoms with E-state index < -0.39 is 0 Å². The first-order chi connectivity index (χ1) is 9.42. The number of benzene rings is 1. The van der Waals surface area contributed by atoms with Gasteiger partial charge >= 0.3 is 0 Å². The minimum Gasteiger partial charge on any atom is -0.385 e. The molecular weight excluding hydrogens is 246 g/mol. The van der Waals surface area contributed by atoms with E-state index in [0.717, 1.165) is 26.0 Å². The van der Waals surface area contributed by atoms with Crippen molar-refractivity contribution in [3.8, 4) is 0 Å². The highest BCUT2D eigenvalue weighted by atomic mass is 16.5. The third-order valence-corrected chi connectivity index (χ3v) is 3.65. The summed E-state index contributed by atoms with van der Waals surface area (Å²) >= 11 is 0. The Hall–Kier alpha value is -0.860. The summed E-state index contributed by atoms with van der Waals surface area (Å²) in [5.74, 6) is 0.672. The van der Waals surface area contributed by atoms with E-state index in [1.165, 1.54) is 17.5 Å². The molecule has 1 aromatic rings. The molecule has 1 atom stereocenters. The van der Waals surface area contributed by atoms with Crippen LogP contribution in [0.2, 0.25) is 0 Å². The highest BCUT2D eigenvalue weighted by Crippen LogP contribution is 2.17. The van der Waals surface area contributed by atoms with E-state index in [-0.39, 0.29) is 5.54 Å². The average molecular weight is 277 g/mol. The summed E-state index contributed by atoms with van der Waals surface area (Å²) in [5, 5.41) is 3.65. The van der Waals surface area contributed by atoms with Crippen LogP contribution in [0, 0.1) is 12.8 Å². The largest absolute Gasteiger partial charge is 0.385 e. The molecule has 1 unspecified atom stereocenters. The van der Waals surface area contributed by atoms with Gasteiger partial charge < -0.3 is 10.1 Å². The minimum atomic E-state index is 0.186. The minimum absolute atomic E-state index is 0.186. The van der Waals surface area contributed by atoms with E-state index in [2.05, 4.69) is 57.3 Å². The van der Waals surface area contributed by atoms with Gasteiger partial charge in [0.2, 0.25) is 0 Å². The second-order valence-corrected chi connectivity index (χ2v) is 6.76. The summed E-state index contributed by atoms with van der Waals surface area (Å²) in [4.78, 5) is 0. The van der Waals surface area contributed by atoms with Crippen molar-refractivity contribution < 1.29 is 4.74 Å². The number of hydrogen-bond donors (Lipinski definition) is 1. The average Bonchev–Trinajstić information content (AvgIpc) is 2.37. The maximum atomic E-state index is 5.19. The van der Waals surface area contributed by atoms with Gasteiger partial charge in [-0.05, 0) is 70.5 Å². The summed E-state index contributed by atoms with van der Waals surface area (Å²) in [6.45, 7) is 10.8. The van der Waals surface area contributed by atoms with Crippen molar-refractivity contribution in [1.82, 2.24) is 5.32 Å². The fraction of sp³-hybridized carbons (Fsp3) is 0.667. The molecule has 0 aliphatic heterocycles. The van der Waals surface area contributed by atoms with Gasteiger partial charge in [0, 0.05) is 19.3 Å². The molecule has 1 rings (SSSR count). The molecule has 0 heterocycles. The third kappa shape index (κ3) is 7.06. The van der Waals surface area contributed by atoms with Crippen LogP contribution in [0.4, 0.5) is 0 Å². The molecule has 0 aliphatic rings. The lowest BCUT2D eigenvalue weighted by atomic mass is 9.91. The number of methoxy groups -OCH3 is 1. The normalized spacial score (nSPS) is 13.4. The van der Waals surface area contributed by atoms with E-state index in [1.807, 2.05) is 0 Å². The molecule has 0 aromatic heterocycles. The van der Waals surface area contributed by atoms with Crippen molar-refractivity contribution in [2.45, 2.75) is 52.5 Å². The predicted molar refractivity (Wildman–Crippen MR) is 87.2 cm³/mol. The van der Waals surface area contributed by atoms with Gasteiger partial charge in [0.05, 0.1) is 0 Å². The highest BCUT2D eigenvalue weighted by molar-refractivity contribution is 5.25. The maximum absolute atomic E-state index is 5.19. The molecule has 2 heteroatoms. The molecular formula is C18H31NO. The van der Waals surface area contributed by atoms with Gasteiger partial charge in [-0.2, -0.15) is 0 Å². The van der Waals surface area contributed by atoms with E-state index in [9.17, 15) is 0 Å². The predicted octanol–water partition coefficient (Wildman–Crippen LogP) is 3.97. The lowest BCUT2D eigenvalue weighted by Gasteiger charge is -2.26. The molecule has 0 spiro atoms. The van der Waals surface area contributed by atoms with Crippen LogP contribution in [0.1, 0.15) is 44.7 Å². The van der Waals surface area contributed by atoms with Crippen LogP contribution in [-0.4, -0.2) is 25.8 Å². The number of aryl methyl sites for hydroxylation is 1. The number of hydrogen-bond acceptors (Lipinski definition) is 2. The molecule has 20 heavy (non-hydrogen) atoms. The molecule has 0 fully saturated rings. The first kappa shape index (κ1) is 17.2. The fourth-order valence-electron chi connectivity index (χ4n) is 2.39. The second kappa shape index (κ2) is 8.43. The zero-order valence-electron chi connectivity index (χ0n) is 13.8. The number of ether oxygens (including phenoxy) is 1. The van der Waals surface area contributed by atoms with E-state index in [1.54, 1.807) is 7.11 Å². The number of nitrogens with one attached hydrogen (secondary N) is 1. The molecule has 114 valence electrons. The Morgan fingerprint density at radius 2 is 1.90 bits per heavy atom. The quantitative estimate of drug-likeness (QED) is 0.726. The van der Waals surface area contributed by atoms with Crippen LogP contribution >= 0.6 is 0 Å². The Bertz CT molecular complexity index is 381. The molecule has 0 aliphatic carbocycles. The van der Waals surface area contributed by atoms with Gasteiger partial charge in [-0.1, -0.05) is 24.3 Å². The molecule has 1 N–H and O–H groups in total. The zero-order valence-corrected chi connectivity index (χ0v) is 13.8. The lowest BCUT2D eigenvalue weighted by Crippen LogP contribution is -2.39. The summed E-state index contributed by atoms with van der Waals surface area (Å²) in [5.41, 5.74) is 3.07. The van der Waals surface area contributed by atoms with Gasteiger partial charge in [-0.15, -0.1) is 0 Å². The standard InChI is InChI=1S/C18H31NO/c1-15-9-6-7-11-17(15)13-16(10-8-12-20-5)14-19-18(2,3)4/h6-7,9,11,16,19H,8,10,12-14H2,1-5H3. The monoisotopic (exact) mass is 277 g/mol. The summed E-state index contributed by atoms with van der Waals surface area (Å²) in [7, 11) is 1.78. The molecule has 0 radical (unpaired) electrons. The third-order valence-electron chi connectivity index (χ3n) is 3.65. The van der Waals surface area contributed by atoms with Gasteiger partial charge in [-0.25, -0.2) is 0 Å². The highest BCUT2D eigenvalue weighted by Gasteiger charge is 2.15. The smallest absolute Gasteiger partial charge is 0.0462 e. The molecule has 1 aromatic carbocycles. The topological polar surface area (TPSA) is 21.3 Å². The molecule has 0 amide bonds. The molecule has 0 saturated carbocycles. The Labute approximate surface area is 124 Å². The van der Waals surface area contributed by atoms with E-state index >= 15 is 0 Å². The van der Waals surface area contributed by atoms with E-state index in [0.29, 0.717) is 5.92 Å². The maximum Gasteiger partial charge on any atom is 0.0462 e. The van der Waals surface area contributed by atoms with E-state index in [4.69, 9.17) is 4.74 Å². The van der Waals surface area contributed by atoms with Gasteiger partial charge in [0.25, 0.3) is 0 Å². The van der Waals surface area contributed by atoms with Crippen molar-refractivity contribution in [2.24, 2.45) is 5.92 Å². The Balaban J connectivity index is 2.59. The fourth-order valence-corrected chi connectivity index (χ4v) is 2.39. The summed E-state index contributed by atoms with van der Waals surface area (Å²) < 4.78 is 5.19. The van der Waals surface area contributed by atoms with Crippen LogP contribution in [0.5, 0.6) is 0 Å². The number of rotatable bonds is 8. The zero-order chi connectivity index (χ0) is 15.0. The first-order valence-electron chi connectivity index (χ1n) is 7.71. The SMILES string of the molecule is COCCCC(CNC(C)(C)C)Cc1ccccc1C. The lowest BCUT2D eigenvalue weighted by molar-refractivity contribution is 0.185. The second-order valence-electron chi connectivity index (χ2n) is 6.76. The van der Waals surface area contributed by atoms with Gasteiger partial charge in [0.1, 0.15) is 0 Å². The van der Waals surface area contributed by atoms with Crippen molar-refractivity contribution in [1.29, 1.82) is 0 Å². The molecule has 0 saturated heterocycles. The molecule has 0 bridgehead atoms. The van der Waals surface area contributed by atoms with Crippen LogP contribution in [0.3, 0.4) is 0 Å². The van der Waals surface area contributed by atoms with Crippen molar-refractivity contribution in [2.75, 3.05) is 20.3 Å². The Morgan fingerprint density at radius 1 is 1.20 bits per heavy atom. The summed E-state index contributed by atoms with van der Waals surface area (Å²) in [6.07, 6.45) is 3.50. The Kier molecular flexibility index (Phi) is 7.25. The first-order valence-corrected chi connectivity index (χ1v) is 7.71.